The molecule has 0 radical (unpaired) electrons. The van der Waals surface area contributed by atoms with Gasteiger partial charge in [-0.25, -0.2) is 4.68 Å². The number of alkyl halides is 3. The molecule has 1 rings (SSSR count). The summed E-state index contributed by atoms with van der Waals surface area (Å²) in [7, 11) is -4.41. The first kappa shape index (κ1) is 13.3. The molecule has 1 aromatic rings. The van der Waals surface area contributed by atoms with E-state index in [1.54, 1.807) is 0 Å². The van der Waals surface area contributed by atoms with Crippen LogP contribution in [0.15, 0.2) is 4.47 Å². The van der Waals surface area contributed by atoms with Crippen LogP contribution in [0.5, 0.6) is 5.88 Å². The lowest BCUT2D eigenvalue weighted by atomic mass is 10.5. The van der Waals surface area contributed by atoms with E-state index in [0.717, 1.165) is 4.68 Å². The number of aromatic nitrogens is 2. The molecule has 92 valence electrons. The van der Waals surface area contributed by atoms with Gasteiger partial charge in [0.05, 0.1) is 5.69 Å². The van der Waals surface area contributed by atoms with Gasteiger partial charge in [-0.15, -0.1) is 0 Å². The third kappa shape index (κ3) is 2.32. The predicted octanol–water partition coefficient (Wildman–Crippen LogP) is 1.72. The molecule has 0 aromatic carbocycles. The van der Waals surface area contributed by atoms with Crippen LogP contribution in [0, 0.1) is 6.92 Å². The monoisotopic (exact) mass is 322 g/mol. The summed E-state index contributed by atoms with van der Waals surface area (Å²) in [5, 5.41) is 3.69. The van der Waals surface area contributed by atoms with E-state index in [0.29, 0.717) is 5.69 Å². The molecule has 0 bridgehead atoms. The zero-order chi connectivity index (χ0) is 12.7. The second-order valence-electron chi connectivity index (χ2n) is 2.81. The summed E-state index contributed by atoms with van der Waals surface area (Å²) < 4.78 is 62.4. The van der Waals surface area contributed by atoms with Gasteiger partial charge in [0, 0.05) is 7.05 Å². The maximum Gasteiger partial charge on any atom is 0.534 e. The normalized spacial score (nSPS) is 12.9. The zero-order valence-corrected chi connectivity index (χ0v) is 10.4. The van der Waals surface area contributed by atoms with Gasteiger partial charge in [0.25, 0.3) is 0 Å². The van der Waals surface area contributed by atoms with Gasteiger partial charge in [0.1, 0.15) is 4.47 Å². The molecular weight excluding hydrogens is 317 g/mol. The number of rotatable bonds is 2. The van der Waals surface area contributed by atoms with Gasteiger partial charge >= 0.3 is 15.6 Å². The van der Waals surface area contributed by atoms with Gasteiger partial charge in [0.2, 0.25) is 5.88 Å². The SMILES string of the molecule is Cc1nn(C)c(OS(=O)(=O)C(F)(F)F)c1Br. The van der Waals surface area contributed by atoms with Crippen molar-refractivity contribution in [2.45, 2.75) is 12.4 Å². The van der Waals surface area contributed by atoms with Crippen molar-refractivity contribution in [3.8, 4) is 5.88 Å². The Hall–Kier alpha value is -0.770. The van der Waals surface area contributed by atoms with Crippen molar-refractivity contribution in [3.63, 3.8) is 0 Å². The van der Waals surface area contributed by atoms with E-state index in [-0.39, 0.29) is 4.47 Å². The lowest BCUT2D eigenvalue weighted by Crippen LogP contribution is -2.28. The summed E-state index contributed by atoms with van der Waals surface area (Å²) in [6.45, 7) is 1.48. The second-order valence-corrected chi connectivity index (χ2v) is 5.14. The summed E-state index contributed by atoms with van der Waals surface area (Å²) >= 11 is 2.88. The Labute approximate surface area is 97.4 Å². The fourth-order valence-corrected chi connectivity index (χ4v) is 1.87. The Morgan fingerprint density at radius 3 is 2.25 bits per heavy atom. The summed E-state index contributed by atoms with van der Waals surface area (Å²) in [5.74, 6) is -0.519. The third-order valence-electron chi connectivity index (χ3n) is 1.57. The van der Waals surface area contributed by atoms with Crippen LogP contribution in [0.2, 0.25) is 0 Å². The largest absolute Gasteiger partial charge is 0.534 e. The van der Waals surface area contributed by atoms with Crippen LogP contribution in [0.3, 0.4) is 0 Å². The zero-order valence-electron chi connectivity index (χ0n) is 8.04. The molecule has 0 aliphatic carbocycles. The van der Waals surface area contributed by atoms with Crippen LogP contribution in [-0.2, 0) is 17.2 Å². The Morgan fingerprint density at radius 2 is 1.94 bits per heavy atom. The average molecular weight is 323 g/mol. The van der Waals surface area contributed by atoms with E-state index in [9.17, 15) is 21.6 Å². The van der Waals surface area contributed by atoms with Crippen molar-refractivity contribution in [3.05, 3.63) is 10.2 Å². The molecule has 0 saturated heterocycles. The van der Waals surface area contributed by atoms with Crippen LogP contribution in [0.25, 0.3) is 0 Å². The lowest BCUT2D eigenvalue weighted by molar-refractivity contribution is -0.0502. The second kappa shape index (κ2) is 3.91. The van der Waals surface area contributed by atoms with Gasteiger partial charge in [0.15, 0.2) is 0 Å². The first-order chi connectivity index (χ1) is 7.06. The van der Waals surface area contributed by atoms with E-state index in [1.165, 1.54) is 14.0 Å². The molecule has 0 aliphatic rings. The molecule has 10 heteroatoms. The van der Waals surface area contributed by atoms with Crippen molar-refractivity contribution in [1.29, 1.82) is 0 Å². The fraction of sp³-hybridized carbons (Fsp3) is 0.500. The number of hydrogen-bond donors (Lipinski definition) is 0. The fourth-order valence-electron chi connectivity index (χ4n) is 0.853. The molecule has 0 N–H and O–H groups in total. The van der Waals surface area contributed by atoms with Crippen molar-refractivity contribution in [1.82, 2.24) is 9.78 Å². The minimum Gasteiger partial charge on any atom is -0.354 e. The topological polar surface area (TPSA) is 61.2 Å². The number of halogens is 4. The molecule has 0 amide bonds. The first-order valence-electron chi connectivity index (χ1n) is 3.76. The van der Waals surface area contributed by atoms with Crippen LogP contribution in [0.4, 0.5) is 13.2 Å². The Bertz CT molecular complexity index is 508. The van der Waals surface area contributed by atoms with Gasteiger partial charge < -0.3 is 4.18 Å². The lowest BCUT2D eigenvalue weighted by Gasteiger charge is -2.09. The molecule has 0 atom stereocenters. The molecule has 1 heterocycles. The van der Waals surface area contributed by atoms with Crippen molar-refractivity contribution >= 4 is 26.0 Å². The van der Waals surface area contributed by atoms with E-state index >= 15 is 0 Å². The van der Waals surface area contributed by atoms with Gasteiger partial charge in [-0.3, -0.25) is 0 Å². The quantitative estimate of drug-likeness (QED) is 0.614. The van der Waals surface area contributed by atoms with Gasteiger partial charge in [-0.1, -0.05) is 0 Å². The highest BCUT2D eigenvalue weighted by Crippen LogP contribution is 2.32. The van der Waals surface area contributed by atoms with E-state index in [4.69, 9.17) is 0 Å². The molecule has 0 fully saturated rings. The predicted molar refractivity (Wildman–Crippen MR) is 51.2 cm³/mol. The first-order valence-corrected chi connectivity index (χ1v) is 5.96. The van der Waals surface area contributed by atoms with Gasteiger partial charge in [-0.05, 0) is 22.9 Å². The highest BCUT2D eigenvalue weighted by atomic mass is 79.9. The minimum atomic E-state index is -5.67. The average Bonchev–Trinajstić information content (AvgIpc) is 2.30. The Morgan fingerprint density at radius 1 is 1.44 bits per heavy atom. The maximum absolute atomic E-state index is 12.0. The molecule has 0 aliphatic heterocycles. The molecule has 0 spiro atoms. The van der Waals surface area contributed by atoms with Crippen LogP contribution in [-0.4, -0.2) is 23.7 Å². The van der Waals surface area contributed by atoms with E-state index < -0.39 is 21.5 Å². The van der Waals surface area contributed by atoms with Crippen LogP contribution < -0.4 is 4.18 Å². The third-order valence-corrected chi connectivity index (χ3v) is 3.43. The van der Waals surface area contributed by atoms with Crippen molar-refractivity contribution < 1.29 is 25.8 Å². The highest BCUT2D eigenvalue weighted by Gasteiger charge is 2.49. The molecule has 0 unspecified atom stereocenters. The number of aryl methyl sites for hydroxylation is 2. The summed E-state index contributed by atoms with van der Waals surface area (Å²) in [5.41, 5.74) is -5.15. The molecule has 1 aromatic heterocycles. The smallest absolute Gasteiger partial charge is 0.354 e. The Balaban J connectivity index is 3.16. The van der Waals surface area contributed by atoms with Crippen molar-refractivity contribution in [2.24, 2.45) is 7.05 Å². The minimum absolute atomic E-state index is 0.0582. The van der Waals surface area contributed by atoms with E-state index in [1.807, 2.05) is 0 Å². The van der Waals surface area contributed by atoms with Gasteiger partial charge in [-0.2, -0.15) is 26.7 Å². The molecular formula is C6H6BrF3N2O3S. The summed E-state index contributed by atoms with van der Waals surface area (Å²) in [6, 6.07) is 0. The van der Waals surface area contributed by atoms with Crippen molar-refractivity contribution in [2.75, 3.05) is 0 Å². The number of hydrogen-bond acceptors (Lipinski definition) is 4. The van der Waals surface area contributed by atoms with Crippen LogP contribution >= 0.6 is 15.9 Å². The van der Waals surface area contributed by atoms with Crippen LogP contribution in [0.1, 0.15) is 5.69 Å². The van der Waals surface area contributed by atoms with E-state index in [2.05, 4.69) is 25.2 Å². The molecule has 5 nitrogen and oxygen atoms in total. The standard InChI is InChI=1S/C6H6BrF3N2O3S/c1-3-4(7)5(12(2)11-3)15-16(13,14)6(8,9)10/h1-2H3. The molecule has 0 saturated carbocycles. The Kier molecular flexibility index (Phi) is 3.25. The highest BCUT2D eigenvalue weighted by molar-refractivity contribution is 9.10. The molecule has 16 heavy (non-hydrogen) atoms. The summed E-state index contributed by atoms with van der Waals surface area (Å²) in [4.78, 5) is 0. The summed E-state index contributed by atoms with van der Waals surface area (Å²) in [6.07, 6.45) is 0. The number of nitrogens with zero attached hydrogens (tertiary/aromatic N) is 2. The maximum atomic E-state index is 12.0.